The minimum Gasteiger partial charge on any atom is -0.364 e. The van der Waals surface area contributed by atoms with Crippen molar-refractivity contribution in [3.63, 3.8) is 0 Å². The fraction of sp³-hybridized carbons (Fsp3) is 0.400. The number of rotatable bonds is 5. The van der Waals surface area contributed by atoms with E-state index in [1.54, 1.807) is 6.26 Å². The van der Waals surface area contributed by atoms with E-state index in [2.05, 4.69) is 54.9 Å². The SMILES string of the molecule is CN=C(NCCc1csc2ccccc12)N1CCN(Cc2ccon2)CC1. The van der Waals surface area contributed by atoms with E-state index >= 15 is 0 Å². The van der Waals surface area contributed by atoms with Crippen LogP contribution in [-0.4, -0.2) is 60.7 Å². The maximum absolute atomic E-state index is 4.92. The van der Waals surface area contributed by atoms with Crippen molar-refractivity contribution in [3.05, 3.63) is 53.2 Å². The van der Waals surface area contributed by atoms with Crippen molar-refractivity contribution in [2.75, 3.05) is 39.8 Å². The molecule has 0 bridgehead atoms. The third kappa shape index (κ3) is 4.31. The van der Waals surface area contributed by atoms with Crippen LogP contribution in [0.1, 0.15) is 11.3 Å². The molecule has 1 aliphatic rings. The van der Waals surface area contributed by atoms with E-state index in [9.17, 15) is 0 Å². The largest absolute Gasteiger partial charge is 0.364 e. The Morgan fingerprint density at radius 3 is 2.85 bits per heavy atom. The summed E-state index contributed by atoms with van der Waals surface area (Å²) in [5.74, 6) is 0.996. The Morgan fingerprint density at radius 2 is 2.07 bits per heavy atom. The minimum absolute atomic E-state index is 0.849. The van der Waals surface area contributed by atoms with Crippen LogP contribution in [0.2, 0.25) is 0 Å². The summed E-state index contributed by atoms with van der Waals surface area (Å²) in [6, 6.07) is 10.5. The zero-order valence-electron chi connectivity index (χ0n) is 15.6. The first-order chi connectivity index (χ1) is 13.3. The number of nitrogens with zero attached hydrogens (tertiary/aromatic N) is 4. The van der Waals surface area contributed by atoms with Gasteiger partial charge in [0.1, 0.15) is 6.26 Å². The topological polar surface area (TPSA) is 56.9 Å². The number of hydrogen-bond donors (Lipinski definition) is 1. The molecule has 1 saturated heterocycles. The third-order valence-electron chi connectivity index (χ3n) is 5.00. The number of benzene rings is 1. The Balaban J connectivity index is 1.26. The monoisotopic (exact) mass is 383 g/mol. The Kier molecular flexibility index (Phi) is 5.69. The molecule has 0 radical (unpaired) electrons. The van der Waals surface area contributed by atoms with Crippen LogP contribution in [0.15, 0.2) is 51.5 Å². The summed E-state index contributed by atoms with van der Waals surface area (Å²) in [5, 5.41) is 11.2. The van der Waals surface area contributed by atoms with Crippen LogP contribution in [0.3, 0.4) is 0 Å². The highest BCUT2D eigenvalue weighted by atomic mass is 32.1. The summed E-state index contributed by atoms with van der Waals surface area (Å²) >= 11 is 1.82. The van der Waals surface area contributed by atoms with E-state index in [1.807, 2.05) is 24.5 Å². The molecule has 0 spiro atoms. The summed E-state index contributed by atoms with van der Waals surface area (Å²) in [5.41, 5.74) is 2.41. The number of fused-ring (bicyclic) bond motifs is 1. The summed E-state index contributed by atoms with van der Waals surface area (Å²) in [4.78, 5) is 9.22. The number of piperazine rings is 1. The second-order valence-electron chi connectivity index (χ2n) is 6.74. The highest BCUT2D eigenvalue weighted by Gasteiger charge is 2.20. The molecule has 2 aromatic heterocycles. The van der Waals surface area contributed by atoms with Crippen LogP contribution in [0, 0.1) is 0 Å². The predicted octanol–water partition coefficient (Wildman–Crippen LogP) is 2.83. The molecule has 0 atom stereocenters. The fourth-order valence-electron chi connectivity index (χ4n) is 3.53. The van der Waals surface area contributed by atoms with Crippen molar-refractivity contribution in [1.82, 2.24) is 20.3 Å². The zero-order valence-corrected chi connectivity index (χ0v) is 16.4. The Morgan fingerprint density at radius 1 is 1.22 bits per heavy atom. The summed E-state index contributed by atoms with van der Waals surface area (Å²) in [6.07, 6.45) is 2.64. The van der Waals surface area contributed by atoms with Gasteiger partial charge in [-0.2, -0.15) is 0 Å². The lowest BCUT2D eigenvalue weighted by Gasteiger charge is -2.36. The number of hydrogen-bond acceptors (Lipinski definition) is 5. The van der Waals surface area contributed by atoms with E-state index < -0.39 is 0 Å². The molecular formula is C20H25N5OS. The molecule has 142 valence electrons. The van der Waals surface area contributed by atoms with Gasteiger partial charge in [-0.15, -0.1) is 11.3 Å². The summed E-state index contributed by atoms with van der Waals surface area (Å²) < 4.78 is 6.28. The van der Waals surface area contributed by atoms with Crippen LogP contribution in [0.25, 0.3) is 10.1 Å². The zero-order chi connectivity index (χ0) is 18.5. The summed E-state index contributed by atoms with van der Waals surface area (Å²) in [6.45, 7) is 5.69. The molecular weight excluding hydrogens is 358 g/mol. The van der Waals surface area contributed by atoms with Crippen LogP contribution >= 0.6 is 11.3 Å². The first-order valence-electron chi connectivity index (χ1n) is 9.36. The highest BCUT2D eigenvalue weighted by molar-refractivity contribution is 7.17. The molecule has 0 unspecified atom stereocenters. The van der Waals surface area contributed by atoms with Gasteiger partial charge in [-0.05, 0) is 28.8 Å². The van der Waals surface area contributed by atoms with Gasteiger partial charge >= 0.3 is 0 Å². The lowest BCUT2D eigenvalue weighted by molar-refractivity contribution is 0.169. The second-order valence-corrected chi connectivity index (χ2v) is 7.65. The number of aromatic nitrogens is 1. The van der Waals surface area contributed by atoms with E-state index in [0.29, 0.717) is 0 Å². The normalized spacial score (nSPS) is 16.2. The third-order valence-corrected chi connectivity index (χ3v) is 6.01. The quantitative estimate of drug-likeness (QED) is 0.542. The molecule has 27 heavy (non-hydrogen) atoms. The van der Waals surface area contributed by atoms with Gasteiger partial charge in [0.25, 0.3) is 0 Å². The Bertz CT molecular complexity index is 881. The van der Waals surface area contributed by atoms with E-state index in [0.717, 1.165) is 57.3 Å². The molecule has 1 fully saturated rings. The lowest BCUT2D eigenvalue weighted by Crippen LogP contribution is -2.52. The standard InChI is InChI=1S/C20H25N5OS/c1-21-20(22-8-6-16-15-27-19-5-3-2-4-18(16)19)25-11-9-24(10-12-25)14-17-7-13-26-23-17/h2-5,7,13,15H,6,8-12,14H2,1H3,(H,21,22). The molecule has 1 aliphatic heterocycles. The molecule has 0 amide bonds. The number of thiophene rings is 1. The van der Waals surface area contributed by atoms with Crippen LogP contribution in [0.5, 0.6) is 0 Å². The maximum atomic E-state index is 4.92. The van der Waals surface area contributed by atoms with E-state index in [-0.39, 0.29) is 0 Å². The van der Waals surface area contributed by atoms with Gasteiger partial charge in [0.05, 0.1) is 5.69 Å². The van der Waals surface area contributed by atoms with Crippen LogP contribution in [-0.2, 0) is 13.0 Å². The average Bonchev–Trinajstić information content (AvgIpc) is 3.36. The molecule has 6 nitrogen and oxygen atoms in total. The maximum Gasteiger partial charge on any atom is 0.193 e. The molecule has 3 aromatic rings. The average molecular weight is 384 g/mol. The molecule has 0 saturated carbocycles. The number of nitrogens with one attached hydrogen (secondary N) is 1. The van der Waals surface area contributed by atoms with Gasteiger partial charge in [-0.25, -0.2) is 0 Å². The van der Waals surface area contributed by atoms with E-state index in [4.69, 9.17) is 4.52 Å². The predicted molar refractivity (Wildman–Crippen MR) is 110 cm³/mol. The first-order valence-corrected chi connectivity index (χ1v) is 10.2. The second kappa shape index (κ2) is 8.54. The van der Waals surface area contributed by atoms with Crippen LogP contribution < -0.4 is 5.32 Å². The number of aliphatic imine (C=N–C) groups is 1. The van der Waals surface area contributed by atoms with Crippen molar-refractivity contribution in [3.8, 4) is 0 Å². The highest BCUT2D eigenvalue weighted by Crippen LogP contribution is 2.25. The molecule has 1 N–H and O–H groups in total. The van der Waals surface area contributed by atoms with Crippen molar-refractivity contribution in [1.29, 1.82) is 0 Å². The van der Waals surface area contributed by atoms with Gasteiger partial charge in [0.2, 0.25) is 0 Å². The summed E-state index contributed by atoms with van der Waals surface area (Å²) in [7, 11) is 1.87. The molecule has 7 heteroatoms. The van der Waals surface area contributed by atoms with Gasteiger partial charge in [-0.3, -0.25) is 9.89 Å². The Labute approximate surface area is 163 Å². The smallest absolute Gasteiger partial charge is 0.193 e. The van der Waals surface area contributed by atoms with Crippen LogP contribution in [0.4, 0.5) is 0 Å². The van der Waals surface area contributed by atoms with Gasteiger partial charge < -0.3 is 14.7 Å². The van der Waals surface area contributed by atoms with Crippen molar-refractivity contribution < 1.29 is 4.52 Å². The molecule has 3 heterocycles. The van der Waals surface area contributed by atoms with Gasteiger partial charge in [-0.1, -0.05) is 23.4 Å². The lowest BCUT2D eigenvalue weighted by atomic mass is 10.1. The first kappa shape index (κ1) is 18.0. The van der Waals surface area contributed by atoms with Crippen molar-refractivity contribution in [2.24, 2.45) is 4.99 Å². The van der Waals surface area contributed by atoms with Crippen molar-refractivity contribution in [2.45, 2.75) is 13.0 Å². The number of guanidine groups is 1. The molecule has 0 aliphatic carbocycles. The molecule has 4 rings (SSSR count). The Hall–Kier alpha value is -2.38. The van der Waals surface area contributed by atoms with Crippen molar-refractivity contribution >= 4 is 27.4 Å². The minimum atomic E-state index is 0.849. The van der Waals surface area contributed by atoms with E-state index in [1.165, 1.54) is 15.6 Å². The fourth-order valence-corrected chi connectivity index (χ4v) is 4.53. The van der Waals surface area contributed by atoms with Gasteiger partial charge in [0.15, 0.2) is 5.96 Å². The molecule has 1 aromatic carbocycles. The van der Waals surface area contributed by atoms with Gasteiger partial charge in [0, 0.05) is 57.1 Å².